The van der Waals surface area contributed by atoms with Crippen LogP contribution in [-0.4, -0.2) is 19.6 Å². The minimum absolute atomic E-state index is 0.113. The molecule has 0 spiro atoms. The molecule has 0 atom stereocenters. The van der Waals surface area contributed by atoms with E-state index in [9.17, 15) is 14.3 Å². The summed E-state index contributed by atoms with van der Waals surface area (Å²) in [5.41, 5.74) is 2.25. The first kappa shape index (κ1) is 17.3. The number of halogens is 2. The number of aromatic nitrogens is 3. The number of rotatable bonds is 2. The number of hydrogen-bond donors (Lipinski definition) is 1. The molecule has 2 aromatic carbocycles. The molecule has 8 heteroatoms. The monoisotopic (exact) mass is 455 g/mol. The molecular formula is C20H11BrFN3O2S. The molecule has 2 aromatic heterocycles. The van der Waals surface area contributed by atoms with Crippen molar-refractivity contribution in [3.8, 4) is 11.3 Å². The van der Waals surface area contributed by atoms with Gasteiger partial charge in [-0.2, -0.15) is 4.98 Å². The Labute approximate surface area is 170 Å². The van der Waals surface area contributed by atoms with Crippen LogP contribution in [0.5, 0.6) is 0 Å². The second kappa shape index (κ2) is 6.35. The van der Waals surface area contributed by atoms with Gasteiger partial charge in [0.2, 0.25) is 0 Å². The van der Waals surface area contributed by atoms with Crippen LogP contribution in [0.15, 0.2) is 62.9 Å². The van der Waals surface area contributed by atoms with Gasteiger partial charge < -0.3 is 9.67 Å². The maximum atomic E-state index is 13.2. The van der Waals surface area contributed by atoms with E-state index in [1.807, 2.05) is 22.1 Å². The van der Waals surface area contributed by atoms with E-state index in [2.05, 4.69) is 25.9 Å². The maximum Gasteiger partial charge on any atom is 0.281 e. The highest BCUT2D eigenvalue weighted by Gasteiger charge is 2.28. The summed E-state index contributed by atoms with van der Waals surface area (Å²) in [5.74, 6) is 0.200. The van der Waals surface area contributed by atoms with Crippen LogP contribution in [0.4, 0.5) is 4.39 Å². The molecule has 0 radical (unpaired) electrons. The predicted octanol–water partition coefficient (Wildman–Crippen LogP) is 4.75. The predicted molar refractivity (Wildman–Crippen MR) is 110 cm³/mol. The average Bonchev–Trinajstić information content (AvgIpc) is 3.27. The molecule has 138 valence electrons. The summed E-state index contributed by atoms with van der Waals surface area (Å²) in [6, 6.07) is 11.5. The van der Waals surface area contributed by atoms with E-state index in [1.54, 1.807) is 18.2 Å². The largest absolute Gasteiger partial charge is 0.510 e. The van der Waals surface area contributed by atoms with Crippen molar-refractivity contribution < 1.29 is 9.50 Å². The summed E-state index contributed by atoms with van der Waals surface area (Å²) in [6.45, 7) is 0.224. The van der Waals surface area contributed by atoms with Crippen LogP contribution in [-0.2, 0) is 6.54 Å². The number of benzene rings is 2. The number of allylic oxidation sites excluding steroid dienone is 1. The number of nitrogens with zero attached hydrogens (tertiary/aromatic N) is 3. The molecular weight excluding hydrogens is 445 g/mol. The van der Waals surface area contributed by atoms with E-state index in [-0.39, 0.29) is 23.7 Å². The van der Waals surface area contributed by atoms with Gasteiger partial charge in [0.05, 0.1) is 28.7 Å². The van der Waals surface area contributed by atoms with Gasteiger partial charge in [-0.15, -0.1) is 11.3 Å². The average molecular weight is 456 g/mol. The van der Waals surface area contributed by atoms with E-state index in [0.29, 0.717) is 33.0 Å². The highest BCUT2D eigenvalue weighted by Crippen LogP contribution is 2.36. The van der Waals surface area contributed by atoms with Gasteiger partial charge in [0.25, 0.3) is 5.56 Å². The summed E-state index contributed by atoms with van der Waals surface area (Å²) in [6.07, 6.45) is 0. The Balaban J connectivity index is 1.64. The van der Waals surface area contributed by atoms with Crippen molar-refractivity contribution in [1.29, 1.82) is 0 Å². The Morgan fingerprint density at radius 3 is 2.71 bits per heavy atom. The second-order valence-electron chi connectivity index (χ2n) is 6.35. The van der Waals surface area contributed by atoms with Gasteiger partial charge >= 0.3 is 0 Å². The molecule has 5 nitrogen and oxygen atoms in total. The Kier molecular flexibility index (Phi) is 3.92. The van der Waals surface area contributed by atoms with Crippen molar-refractivity contribution in [1.82, 2.24) is 14.5 Å². The zero-order valence-electron chi connectivity index (χ0n) is 14.2. The fourth-order valence-electron chi connectivity index (χ4n) is 3.32. The first-order valence-electron chi connectivity index (χ1n) is 8.36. The minimum Gasteiger partial charge on any atom is -0.510 e. The van der Waals surface area contributed by atoms with Gasteiger partial charge in [-0.1, -0.05) is 15.9 Å². The molecule has 0 saturated carbocycles. The summed E-state index contributed by atoms with van der Waals surface area (Å²) < 4.78 is 15.8. The number of fused-ring (bicyclic) bond motifs is 3. The third kappa shape index (κ3) is 2.68. The van der Waals surface area contributed by atoms with E-state index < -0.39 is 0 Å². The lowest BCUT2D eigenvalue weighted by molar-refractivity contribution is 0.389. The van der Waals surface area contributed by atoms with Crippen LogP contribution in [0.1, 0.15) is 10.8 Å². The molecule has 0 fully saturated rings. The molecule has 0 saturated heterocycles. The second-order valence-corrected chi connectivity index (χ2v) is 8.13. The van der Waals surface area contributed by atoms with E-state index in [0.717, 1.165) is 10.0 Å². The quantitative estimate of drug-likeness (QED) is 0.473. The highest BCUT2D eigenvalue weighted by molar-refractivity contribution is 9.10. The topological polar surface area (TPSA) is 68.0 Å². The lowest BCUT2D eigenvalue weighted by Crippen LogP contribution is -2.15. The number of hydrogen-bond acceptors (Lipinski definition) is 5. The SMILES string of the molecule is O=c1nc2n(c3ccc(Br)cc13)CC(O)=C2c1nc(-c2ccc(F)cc2)cs1. The Morgan fingerprint density at radius 1 is 1.14 bits per heavy atom. The fourth-order valence-corrected chi connectivity index (χ4v) is 4.57. The molecule has 1 N–H and O–H groups in total. The van der Waals surface area contributed by atoms with Crippen molar-refractivity contribution in [2.45, 2.75) is 6.54 Å². The van der Waals surface area contributed by atoms with E-state index >= 15 is 0 Å². The fraction of sp³-hybridized carbons (Fsp3) is 0.0500. The number of thiazole rings is 1. The number of aliphatic hydroxyl groups is 1. The van der Waals surface area contributed by atoms with Crippen LogP contribution in [0.25, 0.3) is 27.7 Å². The first-order chi connectivity index (χ1) is 13.5. The third-order valence-corrected chi connectivity index (χ3v) is 5.97. The molecule has 0 bridgehead atoms. The van der Waals surface area contributed by atoms with Gasteiger partial charge in [-0.05, 0) is 42.5 Å². The van der Waals surface area contributed by atoms with Crippen molar-refractivity contribution in [2.75, 3.05) is 0 Å². The van der Waals surface area contributed by atoms with Gasteiger partial charge in [-0.3, -0.25) is 4.79 Å². The first-order valence-corrected chi connectivity index (χ1v) is 10.0. The zero-order valence-corrected chi connectivity index (χ0v) is 16.6. The van der Waals surface area contributed by atoms with Crippen LogP contribution in [0.2, 0.25) is 0 Å². The third-order valence-electron chi connectivity index (χ3n) is 4.62. The van der Waals surface area contributed by atoms with E-state index in [4.69, 9.17) is 0 Å². The van der Waals surface area contributed by atoms with Crippen molar-refractivity contribution in [3.63, 3.8) is 0 Å². The van der Waals surface area contributed by atoms with Crippen molar-refractivity contribution in [2.24, 2.45) is 0 Å². The highest BCUT2D eigenvalue weighted by atomic mass is 79.9. The van der Waals surface area contributed by atoms with Crippen LogP contribution >= 0.6 is 27.3 Å². The van der Waals surface area contributed by atoms with Gasteiger partial charge in [0, 0.05) is 15.4 Å². The van der Waals surface area contributed by atoms with E-state index in [1.165, 1.54) is 23.5 Å². The summed E-state index contributed by atoms with van der Waals surface area (Å²) >= 11 is 4.71. The Bertz CT molecular complexity index is 1340. The molecule has 5 rings (SSSR count). The van der Waals surface area contributed by atoms with Gasteiger partial charge in [0.15, 0.2) is 5.82 Å². The molecule has 3 heterocycles. The molecule has 28 heavy (non-hydrogen) atoms. The maximum absolute atomic E-state index is 13.2. The summed E-state index contributed by atoms with van der Waals surface area (Å²) in [4.78, 5) is 21.3. The molecule has 1 aliphatic heterocycles. The van der Waals surface area contributed by atoms with Gasteiger partial charge in [0.1, 0.15) is 16.6 Å². The Morgan fingerprint density at radius 2 is 1.93 bits per heavy atom. The number of aliphatic hydroxyl groups excluding tert-OH is 1. The zero-order chi connectivity index (χ0) is 19.4. The van der Waals surface area contributed by atoms with Gasteiger partial charge in [-0.25, -0.2) is 9.37 Å². The molecule has 0 aliphatic carbocycles. The minimum atomic E-state index is -0.356. The normalized spacial score (nSPS) is 13.4. The molecule has 1 aliphatic rings. The Hall–Kier alpha value is -2.84. The molecule has 4 aromatic rings. The smallest absolute Gasteiger partial charge is 0.281 e. The molecule has 0 amide bonds. The summed E-state index contributed by atoms with van der Waals surface area (Å²) in [5, 5.41) is 13.5. The molecule has 0 unspecified atom stereocenters. The van der Waals surface area contributed by atoms with Crippen LogP contribution in [0.3, 0.4) is 0 Å². The van der Waals surface area contributed by atoms with Crippen LogP contribution < -0.4 is 5.56 Å². The van der Waals surface area contributed by atoms with Crippen molar-refractivity contribution in [3.05, 3.63) is 85.1 Å². The summed E-state index contributed by atoms with van der Waals surface area (Å²) in [7, 11) is 0. The lowest BCUT2D eigenvalue weighted by atomic mass is 10.2. The standard InChI is InChI=1S/C20H11BrFN3O2S/c21-11-3-6-15-13(7-11)19(27)24-18-17(16(26)8-25(15)18)20-23-14(9-28-20)10-1-4-12(22)5-2-10/h1-7,9,26H,8H2. The van der Waals surface area contributed by atoms with Crippen molar-refractivity contribution >= 4 is 43.7 Å². The lowest BCUT2D eigenvalue weighted by Gasteiger charge is -2.09. The van der Waals surface area contributed by atoms with Crippen LogP contribution in [0, 0.1) is 5.82 Å².